The molecule has 8 heavy (non-hydrogen) atoms. The van der Waals surface area contributed by atoms with Crippen molar-refractivity contribution >= 4 is 8.56 Å². The summed E-state index contributed by atoms with van der Waals surface area (Å²) in [5.74, 6) is 0. The molecular weight excluding hydrogens is 147 g/mol. The minimum atomic E-state index is -1.65. The molecule has 0 aromatic carbocycles. The summed E-state index contributed by atoms with van der Waals surface area (Å²) in [7, 11) is 1.70. The van der Waals surface area contributed by atoms with Crippen LogP contribution in [0, 0.1) is 0 Å². The number of hydrogen-bond acceptors (Lipinski definition) is 2. The van der Waals surface area contributed by atoms with Gasteiger partial charge in [-0.3, -0.25) is 0 Å². The van der Waals surface area contributed by atoms with Crippen molar-refractivity contribution in [2.45, 2.75) is 13.1 Å². The molecule has 0 fully saturated rings. The van der Waals surface area contributed by atoms with Crippen LogP contribution in [0.2, 0.25) is 13.1 Å². The van der Waals surface area contributed by atoms with Crippen LogP contribution >= 0.6 is 0 Å². The van der Waals surface area contributed by atoms with Crippen molar-refractivity contribution in [1.29, 1.82) is 0 Å². The predicted octanol–water partition coefficient (Wildman–Crippen LogP) is -1.90. The maximum absolute atomic E-state index is 5.00. The van der Waals surface area contributed by atoms with Gasteiger partial charge >= 0.3 is 59.9 Å². The second kappa shape index (κ2) is 5.55. The Labute approximate surface area is 96.1 Å². The van der Waals surface area contributed by atoms with Crippen molar-refractivity contribution in [3.8, 4) is 0 Å². The third-order valence-electron chi connectivity index (χ3n) is 0.983. The topological polar surface area (TPSA) is 18.5 Å². The van der Waals surface area contributed by atoms with Crippen molar-refractivity contribution < 1.29 is 61.7 Å². The third kappa shape index (κ3) is 5.90. The minimum absolute atomic E-state index is 0. The molecule has 0 radical (unpaired) electrons. The van der Waals surface area contributed by atoms with Gasteiger partial charge in [-0.1, -0.05) is 0 Å². The normalized spacial score (nSPS) is 10.5. The standard InChI is InChI=1S/C4H12O2Si.K.H/c1-5-7(3,4)6-2;;/h1-4H3;;/q;+1;-1. The fourth-order valence-corrected chi connectivity index (χ4v) is 0.250. The molecule has 0 N–H and O–H groups in total. The van der Waals surface area contributed by atoms with Crippen molar-refractivity contribution in [3.05, 3.63) is 0 Å². The van der Waals surface area contributed by atoms with Crippen LogP contribution in [0.4, 0.5) is 0 Å². The summed E-state index contributed by atoms with van der Waals surface area (Å²) in [4.78, 5) is 0. The minimum Gasteiger partial charge on any atom is -1.00 e. The van der Waals surface area contributed by atoms with E-state index in [2.05, 4.69) is 0 Å². The summed E-state index contributed by atoms with van der Waals surface area (Å²) in [6, 6.07) is 0. The predicted molar refractivity (Wildman–Crippen MR) is 32.6 cm³/mol. The van der Waals surface area contributed by atoms with Gasteiger partial charge in [-0.2, -0.15) is 0 Å². The molecule has 0 saturated heterocycles. The number of rotatable bonds is 2. The summed E-state index contributed by atoms with van der Waals surface area (Å²) < 4.78 is 10.0. The van der Waals surface area contributed by atoms with Crippen molar-refractivity contribution in [2.75, 3.05) is 14.2 Å². The molecule has 0 saturated carbocycles. The van der Waals surface area contributed by atoms with Crippen LogP contribution in [0.1, 0.15) is 1.43 Å². The van der Waals surface area contributed by atoms with Crippen molar-refractivity contribution in [3.63, 3.8) is 0 Å². The van der Waals surface area contributed by atoms with Crippen molar-refractivity contribution in [2.24, 2.45) is 0 Å². The van der Waals surface area contributed by atoms with E-state index in [-0.39, 0.29) is 52.8 Å². The van der Waals surface area contributed by atoms with E-state index in [1.54, 1.807) is 14.2 Å². The molecule has 0 aromatic heterocycles. The molecule has 2 nitrogen and oxygen atoms in total. The van der Waals surface area contributed by atoms with Gasteiger partial charge in [0.15, 0.2) is 0 Å². The van der Waals surface area contributed by atoms with Gasteiger partial charge in [-0.05, 0) is 13.1 Å². The SMILES string of the molecule is CO[Si](C)(C)OC.[H-].[K+]. The van der Waals surface area contributed by atoms with E-state index in [9.17, 15) is 0 Å². The van der Waals surface area contributed by atoms with E-state index < -0.39 is 8.56 Å². The van der Waals surface area contributed by atoms with Gasteiger partial charge in [0, 0.05) is 14.2 Å². The largest absolute Gasteiger partial charge is 1.00 e. The van der Waals surface area contributed by atoms with E-state index in [0.717, 1.165) is 0 Å². The first-order chi connectivity index (χ1) is 3.12. The van der Waals surface area contributed by atoms with E-state index >= 15 is 0 Å². The van der Waals surface area contributed by atoms with Gasteiger partial charge in [0.1, 0.15) is 0 Å². The first kappa shape index (κ1) is 12.4. The molecule has 0 unspecified atom stereocenters. The maximum atomic E-state index is 5.00. The fraction of sp³-hybridized carbons (Fsp3) is 1.00. The van der Waals surface area contributed by atoms with Gasteiger partial charge < -0.3 is 10.3 Å². The van der Waals surface area contributed by atoms with Crippen LogP contribution in [0.25, 0.3) is 0 Å². The molecular formula is C4H13KO2Si. The van der Waals surface area contributed by atoms with Crippen molar-refractivity contribution in [1.82, 2.24) is 0 Å². The molecule has 0 aliphatic heterocycles. The maximum Gasteiger partial charge on any atom is 1.00 e. The average molecular weight is 160 g/mol. The molecule has 0 amide bonds. The Kier molecular flexibility index (Phi) is 8.64. The zero-order valence-corrected chi connectivity index (χ0v) is 10.4. The van der Waals surface area contributed by atoms with Crippen LogP contribution < -0.4 is 51.4 Å². The Morgan fingerprint density at radius 1 is 1.12 bits per heavy atom. The monoisotopic (exact) mass is 160 g/mol. The Morgan fingerprint density at radius 2 is 1.38 bits per heavy atom. The van der Waals surface area contributed by atoms with Gasteiger partial charge in [-0.15, -0.1) is 0 Å². The van der Waals surface area contributed by atoms with E-state index in [1.165, 1.54) is 0 Å². The van der Waals surface area contributed by atoms with Gasteiger partial charge in [0.25, 0.3) is 0 Å². The summed E-state index contributed by atoms with van der Waals surface area (Å²) in [5.41, 5.74) is 0. The van der Waals surface area contributed by atoms with E-state index in [4.69, 9.17) is 8.85 Å². The zero-order valence-electron chi connectivity index (χ0n) is 7.32. The van der Waals surface area contributed by atoms with E-state index in [1.807, 2.05) is 13.1 Å². The molecule has 0 spiro atoms. The van der Waals surface area contributed by atoms with Crippen LogP contribution in [0.3, 0.4) is 0 Å². The third-order valence-corrected chi connectivity index (χ3v) is 2.95. The Morgan fingerprint density at radius 3 is 1.38 bits per heavy atom. The fourth-order valence-electron chi connectivity index (χ4n) is 0.0833. The summed E-state index contributed by atoms with van der Waals surface area (Å²) in [5, 5.41) is 0. The zero-order chi connectivity index (χ0) is 5.91. The molecule has 0 heterocycles. The molecule has 0 aliphatic carbocycles. The molecule has 46 valence electrons. The van der Waals surface area contributed by atoms with Crippen LogP contribution in [0.15, 0.2) is 0 Å². The van der Waals surface area contributed by atoms with Crippen LogP contribution in [0.5, 0.6) is 0 Å². The van der Waals surface area contributed by atoms with Crippen LogP contribution in [-0.4, -0.2) is 22.8 Å². The smallest absolute Gasteiger partial charge is 1.00 e. The molecule has 0 atom stereocenters. The van der Waals surface area contributed by atoms with Gasteiger partial charge in [-0.25, -0.2) is 0 Å². The number of hydrogen-bond donors (Lipinski definition) is 0. The summed E-state index contributed by atoms with van der Waals surface area (Å²) in [6.45, 7) is 3.99. The molecule has 0 rings (SSSR count). The Bertz CT molecular complexity index is 56.5. The summed E-state index contributed by atoms with van der Waals surface area (Å²) >= 11 is 0. The molecule has 4 heteroatoms. The van der Waals surface area contributed by atoms with Gasteiger partial charge in [0.05, 0.1) is 0 Å². The Hall–Kier alpha value is 1.77. The summed E-state index contributed by atoms with van der Waals surface area (Å²) in [6.07, 6.45) is 0. The quantitative estimate of drug-likeness (QED) is 0.439. The van der Waals surface area contributed by atoms with Gasteiger partial charge in [0.2, 0.25) is 0 Å². The molecule has 0 bridgehead atoms. The molecule has 0 aliphatic rings. The average Bonchev–Trinajstić information content (AvgIpc) is 1.68. The molecule has 0 aromatic rings. The second-order valence-electron chi connectivity index (χ2n) is 1.81. The second-order valence-corrected chi connectivity index (χ2v) is 5.42. The first-order valence-electron chi connectivity index (χ1n) is 2.22. The van der Waals surface area contributed by atoms with E-state index in [0.29, 0.717) is 0 Å². The Balaban J connectivity index is -0.000000180. The first-order valence-corrected chi connectivity index (χ1v) is 5.04. The van der Waals surface area contributed by atoms with Crippen LogP contribution in [-0.2, 0) is 8.85 Å².